The number of hydrogen-bond donors (Lipinski definition) is 1. The number of rotatable bonds is 3. The lowest BCUT2D eigenvalue weighted by atomic mass is 9.83. The van der Waals surface area contributed by atoms with Crippen molar-refractivity contribution in [3.05, 3.63) is 70.3 Å². The van der Waals surface area contributed by atoms with Crippen LogP contribution in [-0.4, -0.2) is 13.1 Å². The summed E-state index contributed by atoms with van der Waals surface area (Å²) in [6, 6.07) is 11.4. The molecule has 1 N–H and O–H groups in total. The molecule has 3 heteroatoms. The number of aryl methyl sites for hydroxylation is 2. The second-order valence-corrected chi connectivity index (χ2v) is 6.14. The molecule has 0 saturated heterocycles. The van der Waals surface area contributed by atoms with Gasteiger partial charge in [-0.3, -0.25) is 0 Å². The van der Waals surface area contributed by atoms with Crippen LogP contribution in [-0.2, 0) is 12.8 Å². The van der Waals surface area contributed by atoms with E-state index in [-0.39, 0.29) is 5.92 Å². The van der Waals surface area contributed by atoms with Crippen LogP contribution in [0, 0.1) is 11.6 Å². The minimum Gasteiger partial charge on any atom is -0.317 e. The Balaban J connectivity index is 2.14. The summed E-state index contributed by atoms with van der Waals surface area (Å²) >= 11 is 0. The van der Waals surface area contributed by atoms with E-state index in [2.05, 4.69) is 24.4 Å². The molecule has 2 unspecified atom stereocenters. The van der Waals surface area contributed by atoms with E-state index in [0.717, 1.165) is 30.4 Å². The van der Waals surface area contributed by atoms with Gasteiger partial charge in [-0.25, -0.2) is 8.78 Å². The van der Waals surface area contributed by atoms with Gasteiger partial charge in [-0.1, -0.05) is 24.3 Å². The van der Waals surface area contributed by atoms with E-state index in [1.807, 2.05) is 19.2 Å². The van der Waals surface area contributed by atoms with Gasteiger partial charge in [0, 0.05) is 12.0 Å². The van der Waals surface area contributed by atoms with Gasteiger partial charge in [0.2, 0.25) is 0 Å². The molecule has 1 aliphatic rings. The molecule has 2 aromatic carbocycles. The summed E-state index contributed by atoms with van der Waals surface area (Å²) in [5.74, 6) is -1.39. The van der Waals surface area contributed by atoms with Crippen molar-refractivity contribution in [2.75, 3.05) is 7.05 Å². The second-order valence-electron chi connectivity index (χ2n) is 6.14. The lowest BCUT2D eigenvalue weighted by Crippen LogP contribution is -2.24. The van der Waals surface area contributed by atoms with Crippen LogP contribution in [0.3, 0.4) is 0 Å². The Hall–Kier alpha value is -1.74. The largest absolute Gasteiger partial charge is 0.317 e. The molecule has 2 atom stereocenters. The zero-order valence-corrected chi connectivity index (χ0v) is 13.0. The number of halogens is 2. The molecule has 22 heavy (non-hydrogen) atoms. The van der Waals surface area contributed by atoms with Gasteiger partial charge in [0.05, 0.1) is 0 Å². The summed E-state index contributed by atoms with van der Waals surface area (Å²) in [5, 5.41) is 3.25. The van der Waals surface area contributed by atoms with Gasteiger partial charge in [0.1, 0.15) is 0 Å². The van der Waals surface area contributed by atoms with Crippen molar-refractivity contribution in [2.45, 2.75) is 38.1 Å². The van der Waals surface area contributed by atoms with E-state index in [0.29, 0.717) is 6.04 Å². The van der Waals surface area contributed by atoms with Crippen LogP contribution in [0.15, 0.2) is 36.4 Å². The van der Waals surface area contributed by atoms with Gasteiger partial charge in [0.15, 0.2) is 11.6 Å². The summed E-state index contributed by atoms with van der Waals surface area (Å²) in [5.41, 5.74) is 4.40. The normalized spacial score (nSPS) is 18.3. The van der Waals surface area contributed by atoms with E-state index in [4.69, 9.17) is 0 Å². The van der Waals surface area contributed by atoms with Crippen LogP contribution in [0.25, 0.3) is 0 Å². The molecule has 3 rings (SSSR count). The smallest absolute Gasteiger partial charge is 0.159 e. The standard InChI is InChI=1S/C19H21F2N/c1-12(22-2)9-17-15-6-4-3-5-13(15)7-8-14-10-18(20)19(21)11-16(14)17/h3-6,10-12,17,22H,7-9H2,1-2H3. The van der Waals surface area contributed by atoms with Crippen molar-refractivity contribution < 1.29 is 8.78 Å². The molecule has 116 valence electrons. The molecule has 0 aliphatic heterocycles. The van der Waals surface area contributed by atoms with Gasteiger partial charge in [-0.15, -0.1) is 0 Å². The summed E-state index contributed by atoms with van der Waals surface area (Å²) in [7, 11) is 1.93. The number of nitrogens with one attached hydrogen (secondary N) is 1. The molecule has 0 saturated carbocycles. The summed E-state index contributed by atoms with van der Waals surface area (Å²) in [6.07, 6.45) is 2.50. The first-order valence-electron chi connectivity index (χ1n) is 7.83. The topological polar surface area (TPSA) is 12.0 Å². The fourth-order valence-electron chi connectivity index (χ4n) is 3.41. The maximum absolute atomic E-state index is 13.8. The Morgan fingerprint density at radius 1 is 1.05 bits per heavy atom. The molecule has 0 spiro atoms. The quantitative estimate of drug-likeness (QED) is 0.896. The van der Waals surface area contributed by atoms with Crippen molar-refractivity contribution in [1.82, 2.24) is 5.32 Å². The van der Waals surface area contributed by atoms with E-state index in [9.17, 15) is 8.78 Å². The predicted octanol–water partition coefficient (Wildman–Crippen LogP) is 4.19. The van der Waals surface area contributed by atoms with E-state index in [1.54, 1.807) is 0 Å². The molecule has 0 aromatic heterocycles. The zero-order chi connectivity index (χ0) is 15.7. The van der Waals surface area contributed by atoms with Gasteiger partial charge in [0.25, 0.3) is 0 Å². The van der Waals surface area contributed by atoms with Crippen LogP contribution in [0.4, 0.5) is 8.78 Å². The van der Waals surface area contributed by atoms with Gasteiger partial charge >= 0.3 is 0 Å². The maximum Gasteiger partial charge on any atom is 0.159 e. The number of hydrogen-bond acceptors (Lipinski definition) is 1. The Kier molecular flexibility index (Phi) is 4.25. The summed E-state index contributed by atoms with van der Waals surface area (Å²) < 4.78 is 27.5. The highest BCUT2D eigenvalue weighted by Crippen LogP contribution is 2.38. The molecule has 0 fully saturated rings. The van der Waals surface area contributed by atoms with Crippen molar-refractivity contribution in [3.63, 3.8) is 0 Å². The van der Waals surface area contributed by atoms with Crippen LogP contribution >= 0.6 is 0 Å². The number of fused-ring (bicyclic) bond motifs is 2. The first kappa shape index (κ1) is 15.2. The highest BCUT2D eigenvalue weighted by molar-refractivity contribution is 5.45. The molecule has 1 aliphatic carbocycles. The third-order valence-electron chi connectivity index (χ3n) is 4.73. The SMILES string of the molecule is CNC(C)CC1c2ccccc2CCc2cc(F)c(F)cc21. The monoisotopic (exact) mass is 301 g/mol. The Labute approximate surface area is 130 Å². The van der Waals surface area contributed by atoms with Crippen molar-refractivity contribution in [1.29, 1.82) is 0 Å². The first-order chi connectivity index (χ1) is 10.6. The number of benzene rings is 2. The fraction of sp³-hybridized carbons (Fsp3) is 0.368. The third kappa shape index (κ3) is 2.78. The molecule has 0 amide bonds. The molecule has 2 aromatic rings. The Bertz CT molecular complexity index is 681. The minimum atomic E-state index is -0.750. The highest BCUT2D eigenvalue weighted by atomic mass is 19.2. The summed E-state index contributed by atoms with van der Waals surface area (Å²) in [6.45, 7) is 2.12. The van der Waals surface area contributed by atoms with E-state index in [1.165, 1.54) is 23.3 Å². The average Bonchev–Trinajstić information content (AvgIpc) is 2.66. The van der Waals surface area contributed by atoms with Crippen LogP contribution < -0.4 is 5.32 Å². The molecular formula is C19H21F2N. The van der Waals surface area contributed by atoms with Crippen LogP contribution in [0.5, 0.6) is 0 Å². The van der Waals surface area contributed by atoms with Crippen LogP contribution in [0.1, 0.15) is 41.5 Å². The van der Waals surface area contributed by atoms with Crippen molar-refractivity contribution >= 4 is 0 Å². The molecule has 0 bridgehead atoms. The second kappa shape index (κ2) is 6.17. The van der Waals surface area contributed by atoms with E-state index >= 15 is 0 Å². The molecular weight excluding hydrogens is 280 g/mol. The third-order valence-corrected chi connectivity index (χ3v) is 4.73. The summed E-state index contributed by atoms with van der Waals surface area (Å²) in [4.78, 5) is 0. The molecule has 0 radical (unpaired) electrons. The zero-order valence-electron chi connectivity index (χ0n) is 13.0. The maximum atomic E-state index is 13.8. The minimum absolute atomic E-state index is 0.103. The average molecular weight is 301 g/mol. The van der Waals surface area contributed by atoms with Crippen LogP contribution in [0.2, 0.25) is 0 Å². The van der Waals surface area contributed by atoms with Crippen molar-refractivity contribution in [3.8, 4) is 0 Å². The lowest BCUT2D eigenvalue weighted by molar-refractivity contribution is 0.497. The first-order valence-corrected chi connectivity index (χ1v) is 7.83. The Morgan fingerprint density at radius 2 is 1.73 bits per heavy atom. The molecule has 1 nitrogen and oxygen atoms in total. The van der Waals surface area contributed by atoms with Gasteiger partial charge in [-0.05, 0) is 67.6 Å². The van der Waals surface area contributed by atoms with E-state index < -0.39 is 11.6 Å². The Morgan fingerprint density at radius 3 is 2.50 bits per heavy atom. The van der Waals surface area contributed by atoms with Gasteiger partial charge in [-0.2, -0.15) is 0 Å². The predicted molar refractivity (Wildman–Crippen MR) is 85.2 cm³/mol. The lowest BCUT2D eigenvalue weighted by Gasteiger charge is -2.24. The van der Waals surface area contributed by atoms with Gasteiger partial charge < -0.3 is 5.32 Å². The molecule has 0 heterocycles. The highest BCUT2D eigenvalue weighted by Gasteiger charge is 2.26. The van der Waals surface area contributed by atoms with Crippen molar-refractivity contribution in [2.24, 2.45) is 0 Å². The fourth-order valence-corrected chi connectivity index (χ4v) is 3.41.